The van der Waals surface area contributed by atoms with Gasteiger partial charge in [-0.1, -0.05) is 6.07 Å². The first kappa shape index (κ1) is 12.9. The van der Waals surface area contributed by atoms with Crippen LogP contribution >= 0.6 is 22.6 Å². The zero-order chi connectivity index (χ0) is 13.1. The Morgan fingerprint density at radius 3 is 2.50 bits per heavy atom. The van der Waals surface area contributed by atoms with Crippen LogP contribution in [-0.2, 0) is 0 Å². The molecule has 0 aliphatic rings. The highest BCUT2D eigenvalue weighted by Crippen LogP contribution is 2.24. The van der Waals surface area contributed by atoms with Crippen molar-refractivity contribution in [2.45, 2.75) is 6.92 Å². The Kier molecular flexibility index (Phi) is 3.86. The highest BCUT2D eigenvalue weighted by atomic mass is 127. The van der Waals surface area contributed by atoms with E-state index in [1.54, 1.807) is 30.3 Å². The number of nitrogens with one attached hydrogen (secondary N) is 1. The Labute approximate surface area is 119 Å². The summed E-state index contributed by atoms with van der Waals surface area (Å²) >= 11 is 2.18. The molecule has 0 heterocycles. The van der Waals surface area contributed by atoms with E-state index in [1.807, 2.05) is 19.1 Å². The highest BCUT2D eigenvalue weighted by molar-refractivity contribution is 14.1. The third-order valence-corrected chi connectivity index (χ3v) is 3.23. The van der Waals surface area contributed by atoms with E-state index in [0.29, 0.717) is 11.3 Å². The lowest BCUT2D eigenvalue weighted by atomic mass is 10.2. The maximum atomic E-state index is 12.0. The van der Waals surface area contributed by atoms with Crippen molar-refractivity contribution in [1.82, 2.24) is 0 Å². The quantitative estimate of drug-likeness (QED) is 0.641. The molecule has 2 rings (SSSR count). The number of rotatable bonds is 2. The molecule has 0 atom stereocenters. The van der Waals surface area contributed by atoms with Crippen LogP contribution in [0.5, 0.6) is 5.75 Å². The number of amides is 1. The van der Waals surface area contributed by atoms with Gasteiger partial charge in [-0.3, -0.25) is 4.79 Å². The summed E-state index contributed by atoms with van der Waals surface area (Å²) in [6.07, 6.45) is 0. The van der Waals surface area contributed by atoms with Crippen LogP contribution in [0.2, 0.25) is 0 Å². The smallest absolute Gasteiger partial charge is 0.255 e. The second kappa shape index (κ2) is 5.39. The maximum absolute atomic E-state index is 12.0. The molecule has 2 aromatic rings. The number of carbonyl (C=O) groups is 1. The molecular formula is C14H12INO2. The molecule has 0 unspecified atom stereocenters. The standard InChI is InChI=1S/C14H12INO2/c1-9-2-7-13(17)12(8-9)16-14(18)10-3-5-11(15)6-4-10/h2-8,17H,1H3,(H,16,18). The van der Waals surface area contributed by atoms with E-state index in [0.717, 1.165) is 9.13 Å². The third-order valence-electron chi connectivity index (χ3n) is 2.51. The minimum atomic E-state index is -0.229. The largest absolute Gasteiger partial charge is 0.506 e. The van der Waals surface area contributed by atoms with Crippen molar-refractivity contribution in [1.29, 1.82) is 0 Å². The minimum Gasteiger partial charge on any atom is -0.506 e. The molecule has 0 spiro atoms. The average Bonchev–Trinajstić information content (AvgIpc) is 2.34. The molecule has 0 aromatic heterocycles. The van der Waals surface area contributed by atoms with E-state index in [9.17, 15) is 9.90 Å². The molecule has 0 saturated carbocycles. The molecule has 0 radical (unpaired) electrons. The van der Waals surface area contributed by atoms with Gasteiger partial charge in [0.1, 0.15) is 5.75 Å². The molecule has 18 heavy (non-hydrogen) atoms. The second-order valence-electron chi connectivity index (χ2n) is 3.98. The van der Waals surface area contributed by atoms with Gasteiger partial charge in [0.2, 0.25) is 0 Å². The van der Waals surface area contributed by atoms with E-state index < -0.39 is 0 Å². The van der Waals surface area contributed by atoms with E-state index in [2.05, 4.69) is 27.9 Å². The normalized spacial score (nSPS) is 10.1. The van der Waals surface area contributed by atoms with Crippen LogP contribution < -0.4 is 5.32 Å². The van der Waals surface area contributed by atoms with Crippen molar-refractivity contribution in [3.05, 3.63) is 57.2 Å². The lowest BCUT2D eigenvalue weighted by molar-refractivity contribution is 0.102. The Hall–Kier alpha value is -1.56. The number of benzene rings is 2. The Morgan fingerprint density at radius 2 is 1.83 bits per heavy atom. The molecule has 2 N–H and O–H groups in total. The van der Waals surface area contributed by atoms with Crippen LogP contribution in [0, 0.1) is 10.5 Å². The first-order chi connectivity index (χ1) is 8.56. The lowest BCUT2D eigenvalue weighted by Gasteiger charge is -2.08. The van der Waals surface area contributed by atoms with Gasteiger partial charge in [-0.05, 0) is 71.5 Å². The minimum absolute atomic E-state index is 0.0689. The zero-order valence-electron chi connectivity index (χ0n) is 9.77. The van der Waals surface area contributed by atoms with Gasteiger partial charge < -0.3 is 10.4 Å². The summed E-state index contributed by atoms with van der Waals surface area (Å²) in [6.45, 7) is 1.90. The number of anilines is 1. The number of aryl methyl sites for hydroxylation is 1. The topological polar surface area (TPSA) is 49.3 Å². The van der Waals surface area contributed by atoms with Crippen LogP contribution in [0.15, 0.2) is 42.5 Å². The fourth-order valence-corrected chi connectivity index (χ4v) is 1.91. The molecule has 4 heteroatoms. The van der Waals surface area contributed by atoms with Crippen LogP contribution in [0.3, 0.4) is 0 Å². The van der Waals surface area contributed by atoms with Crippen LogP contribution in [0.4, 0.5) is 5.69 Å². The molecule has 0 aliphatic carbocycles. The van der Waals surface area contributed by atoms with Gasteiger partial charge in [-0.2, -0.15) is 0 Å². The molecule has 0 aliphatic heterocycles. The van der Waals surface area contributed by atoms with Crippen LogP contribution in [0.25, 0.3) is 0 Å². The summed E-state index contributed by atoms with van der Waals surface area (Å²) in [5.74, 6) is -0.160. The molecule has 0 saturated heterocycles. The number of hydrogen-bond donors (Lipinski definition) is 2. The molecule has 0 bridgehead atoms. The maximum Gasteiger partial charge on any atom is 0.255 e. The number of halogens is 1. The number of phenolic OH excluding ortho intramolecular Hbond substituents is 1. The predicted octanol–water partition coefficient (Wildman–Crippen LogP) is 3.56. The SMILES string of the molecule is Cc1ccc(O)c(NC(=O)c2ccc(I)cc2)c1. The van der Waals surface area contributed by atoms with Gasteiger partial charge in [0.15, 0.2) is 0 Å². The Bertz CT molecular complexity index is 579. The molecule has 0 fully saturated rings. The summed E-state index contributed by atoms with van der Waals surface area (Å²) < 4.78 is 1.07. The molecule has 3 nitrogen and oxygen atoms in total. The lowest BCUT2D eigenvalue weighted by Crippen LogP contribution is -2.12. The first-order valence-electron chi connectivity index (χ1n) is 5.43. The number of phenols is 1. The summed E-state index contributed by atoms with van der Waals surface area (Å²) in [5, 5.41) is 12.4. The number of hydrogen-bond acceptors (Lipinski definition) is 2. The number of aromatic hydroxyl groups is 1. The zero-order valence-corrected chi connectivity index (χ0v) is 11.9. The van der Waals surface area contributed by atoms with E-state index >= 15 is 0 Å². The Morgan fingerprint density at radius 1 is 1.17 bits per heavy atom. The summed E-state index contributed by atoms with van der Waals surface area (Å²) in [5.41, 5.74) is 1.97. The van der Waals surface area contributed by atoms with E-state index in [1.165, 1.54) is 0 Å². The van der Waals surface area contributed by atoms with Crippen molar-refractivity contribution in [3.8, 4) is 5.75 Å². The van der Waals surface area contributed by atoms with Gasteiger partial charge >= 0.3 is 0 Å². The molecular weight excluding hydrogens is 341 g/mol. The second-order valence-corrected chi connectivity index (χ2v) is 5.23. The van der Waals surface area contributed by atoms with Gasteiger partial charge in [0, 0.05) is 9.13 Å². The van der Waals surface area contributed by atoms with Crippen molar-refractivity contribution in [2.24, 2.45) is 0 Å². The number of carbonyl (C=O) groups excluding carboxylic acids is 1. The predicted molar refractivity (Wildman–Crippen MR) is 80.0 cm³/mol. The molecule has 92 valence electrons. The van der Waals surface area contributed by atoms with E-state index in [4.69, 9.17) is 0 Å². The van der Waals surface area contributed by atoms with Crippen molar-refractivity contribution >= 4 is 34.2 Å². The molecule has 2 aromatic carbocycles. The van der Waals surface area contributed by atoms with Gasteiger partial charge in [0.25, 0.3) is 5.91 Å². The van der Waals surface area contributed by atoms with Gasteiger partial charge in [-0.15, -0.1) is 0 Å². The summed E-state index contributed by atoms with van der Waals surface area (Å²) in [7, 11) is 0. The van der Waals surface area contributed by atoms with Crippen LogP contribution in [0.1, 0.15) is 15.9 Å². The van der Waals surface area contributed by atoms with Crippen molar-refractivity contribution < 1.29 is 9.90 Å². The van der Waals surface area contributed by atoms with Gasteiger partial charge in [0.05, 0.1) is 5.69 Å². The first-order valence-corrected chi connectivity index (χ1v) is 6.50. The Balaban J connectivity index is 2.21. The van der Waals surface area contributed by atoms with Gasteiger partial charge in [-0.25, -0.2) is 0 Å². The summed E-state index contributed by atoms with van der Waals surface area (Å²) in [4.78, 5) is 12.0. The molecule has 1 amide bonds. The monoisotopic (exact) mass is 353 g/mol. The highest BCUT2D eigenvalue weighted by Gasteiger charge is 2.08. The van der Waals surface area contributed by atoms with Crippen molar-refractivity contribution in [2.75, 3.05) is 5.32 Å². The van der Waals surface area contributed by atoms with E-state index in [-0.39, 0.29) is 11.7 Å². The van der Waals surface area contributed by atoms with Crippen LogP contribution in [-0.4, -0.2) is 11.0 Å². The third kappa shape index (κ3) is 3.01. The summed E-state index contributed by atoms with van der Waals surface area (Å²) in [6, 6.07) is 12.3. The van der Waals surface area contributed by atoms with Crippen molar-refractivity contribution in [3.63, 3.8) is 0 Å². The fraction of sp³-hybridized carbons (Fsp3) is 0.0714. The fourth-order valence-electron chi connectivity index (χ4n) is 1.55. The average molecular weight is 353 g/mol.